The number of hydrogen-bond donors (Lipinski definition) is 1. The maximum atomic E-state index is 13.2. The molecular formula is C24H17N3O2S. The third-order valence-electron chi connectivity index (χ3n) is 5.06. The first-order valence-electron chi connectivity index (χ1n) is 9.49. The number of hydrogen-bond acceptors (Lipinski definition) is 5. The zero-order valence-electron chi connectivity index (χ0n) is 15.9. The Labute approximate surface area is 177 Å². The van der Waals surface area contributed by atoms with E-state index in [1.165, 1.54) is 11.8 Å². The highest BCUT2D eigenvalue weighted by molar-refractivity contribution is 8.02. The van der Waals surface area contributed by atoms with Crippen LogP contribution in [0.4, 0.5) is 0 Å². The molecule has 0 amide bonds. The maximum absolute atomic E-state index is 13.2. The van der Waals surface area contributed by atoms with Gasteiger partial charge in [0.2, 0.25) is 0 Å². The molecule has 4 aromatic rings. The first-order valence-corrected chi connectivity index (χ1v) is 10.4. The molecule has 6 heteroatoms. The van der Waals surface area contributed by atoms with Crippen molar-refractivity contribution in [3.63, 3.8) is 0 Å². The van der Waals surface area contributed by atoms with Crippen LogP contribution < -0.4 is 5.32 Å². The van der Waals surface area contributed by atoms with Crippen molar-refractivity contribution in [2.75, 3.05) is 0 Å². The molecule has 146 valence electrons. The number of fused-ring (bicyclic) bond motifs is 1. The molecule has 1 atom stereocenters. The summed E-state index contributed by atoms with van der Waals surface area (Å²) >= 11 is 1.54. The number of pyridine rings is 1. The van der Waals surface area contributed by atoms with Gasteiger partial charge in [0.05, 0.1) is 5.52 Å². The van der Waals surface area contributed by atoms with Gasteiger partial charge in [-0.3, -0.25) is 19.1 Å². The van der Waals surface area contributed by atoms with Crippen molar-refractivity contribution in [2.45, 2.75) is 5.37 Å². The Balaban J connectivity index is 1.45. The highest BCUT2D eigenvalue weighted by Crippen LogP contribution is 2.34. The van der Waals surface area contributed by atoms with Gasteiger partial charge in [0.15, 0.2) is 5.78 Å². The number of allylic oxidation sites excluding steroid dienone is 1. The number of carbonyl (C=O) groups is 2. The van der Waals surface area contributed by atoms with Crippen LogP contribution in [0.1, 0.15) is 31.7 Å². The Morgan fingerprint density at radius 2 is 1.83 bits per heavy atom. The second-order valence-corrected chi connectivity index (χ2v) is 7.88. The molecule has 0 spiro atoms. The van der Waals surface area contributed by atoms with E-state index in [0.29, 0.717) is 22.3 Å². The number of ketones is 1. The summed E-state index contributed by atoms with van der Waals surface area (Å²) in [6, 6.07) is 20.3. The molecule has 30 heavy (non-hydrogen) atoms. The summed E-state index contributed by atoms with van der Waals surface area (Å²) in [6.07, 6.45) is 5.24. The van der Waals surface area contributed by atoms with Gasteiger partial charge in [-0.2, -0.15) is 0 Å². The summed E-state index contributed by atoms with van der Waals surface area (Å²) in [5.41, 5.74) is 3.45. The Morgan fingerprint density at radius 3 is 2.63 bits per heavy atom. The Bertz CT molecular complexity index is 1280. The van der Waals surface area contributed by atoms with Crippen LogP contribution in [0.5, 0.6) is 0 Å². The average molecular weight is 411 g/mol. The van der Waals surface area contributed by atoms with E-state index in [4.69, 9.17) is 0 Å². The molecule has 0 saturated heterocycles. The molecule has 3 heterocycles. The number of rotatable bonds is 4. The Hall–Kier alpha value is -3.64. The molecule has 0 fully saturated rings. The fourth-order valence-corrected chi connectivity index (χ4v) is 4.50. The highest BCUT2D eigenvalue weighted by Gasteiger charge is 2.25. The zero-order chi connectivity index (χ0) is 20.5. The van der Waals surface area contributed by atoms with Crippen LogP contribution in [-0.2, 0) is 0 Å². The van der Waals surface area contributed by atoms with E-state index in [2.05, 4.69) is 10.3 Å². The summed E-state index contributed by atoms with van der Waals surface area (Å²) in [4.78, 5) is 30.3. The highest BCUT2D eigenvalue weighted by atomic mass is 32.2. The maximum Gasteiger partial charge on any atom is 0.279 e. The molecule has 1 aliphatic rings. The monoisotopic (exact) mass is 411 g/mol. The summed E-state index contributed by atoms with van der Waals surface area (Å²) < 4.78 is 1.59. The van der Waals surface area contributed by atoms with Crippen molar-refractivity contribution in [2.24, 2.45) is 0 Å². The fraction of sp³-hybridized carbons (Fsp3) is 0.0417. The SMILES string of the molecule is O=C(c1ccccc1)c1cccc2c1ccn2C(=O)C1=CSC(c2cccnc2)N1. The number of nitrogens with zero attached hydrogens (tertiary/aromatic N) is 2. The fourth-order valence-electron chi connectivity index (χ4n) is 3.57. The number of nitrogens with one attached hydrogen (secondary N) is 1. The minimum atomic E-state index is -0.159. The summed E-state index contributed by atoms with van der Waals surface area (Å²) in [5.74, 6) is -0.218. The molecule has 0 aliphatic carbocycles. The largest absolute Gasteiger partial charge is 0.364 e. The van der Waals surface area contributed by atoms with E-state index >= 15 is 0 Å². The standard InChI is InChI=1S/C24H17N3O2S/c28-22(16-6-2-1-3-7-16)19-9-4-10-21-18(19)11-13-27(21)24(29)20-15-30-23(26-20)17-8-5-12-25-14-17/h1-15,23,26H. The van der Waals surface area contributed by atoms with Gasteiger partial charge < -0.3 is 5.32 Å². The van der Waals surface area contributed by atoms with E-state index in [1.54, 1.807) is 41.4 Å². The molecule has 1 unspecified atom stereocenters. The Morgan fingerprint density at radius 1 is 0.967 bits per heavy atom. The van der Waals surface area contributed by atoms with Gasteiger partial charge in [-0.1, -0.05) is 48.5 Å². The van der Waals surface area contributed by atoms with Crippen molar-refractivity contribution in [3.8, 4) is 0 Å². The van der Waals surface area contributed by atoms with E-state index < -0.39 is 0 Å². The van der Waals surface area contributed by atoms with Crippen molar-refractivity contribution in [3.05, 3.63) is 113 Å². The third-order valence-corrected chi connectivity index (χ3v) is 6.09. The van der Waals surface area contributed by atoms with Gasteiger partial charge in [-0.25, -0.2) is 0 Å². The quantitative estimate of drug-likeness (QED) is 0.490. The van der Waals surface area contributed by atoms with Crippen molar-refractivity contribution < 1.29 is 9.59 Å². The van der Waals surface area contributed by atoms with Crippen LogP contribution in [0.2, 0.25) is 0 Å². The number of benzene rings is 2. The summed E-state index contributed by atoms with van der Waals surface area (Å²) in [5, 5.41) is 5.82. The lowest BCUT2D eigenvalue weighted by Crippen LogP contribution is -2.23. The van der Waals surface area contributed by atoms with Crippen LogP contribution in [0.3, 0.4) is 0 Å². The second-order valence-electron chi connectivity index (χ2n) is 6.90. The second kappa shape index (κ2) is 7.65. The normalized spacial score (nSPS) is 15.6. The van der Waals surface area contributed by atoms with Crippen molar-refractivity contribution in [1.82, 2.24) is 14.9 Å². The average Bonchev–Trinajstić information content (AvgIpc) is 3.47. The van der Waals surface area contributed by atoms with E-state index in [0.717, 1.165) is 10.9 Å². The third kappa shape index (κ3) is 3.21. The zero-order valence-corrected chi connectivity index (χ0v) is 16.7. The topological polar surface area (TPSA) is 64.0 Å². The van der Waals surface area contributed by atoms with Gasteiger partial charge in [-0.05, 0) is 18.2 Å². The lowest BCUT2D eigenvalue weighted by atomic mass is 10.0. The lowest BCUT2D eigenvalue weighted by molar-refractivity contribution is 0.0951. The first-order chi connectivity index (χ1) is 14.7. The summed E-state index contributed by atoms with van der Waals surface area (Å²) in [7, 11) is 0. The van der Waals surface area contributed by atoms with Gasteiger partial charge in [0, 0.05) is 46.1 Å². The predicted molar refractivity (Wildman–Crippen MR) is 118 cm³/mol. The van der Waals surface area contributed by atoms with E-state index in [9.17, 15) is 9.59 Å². The number of aromatic nitrogens is 2. The van der Waals surface area contributed by atoms with Gasteiger partial charge in [0.1, 0.15) is 11.1 Å². The van der Waals surface area contributed by atoms with E-state index in [-0.39, 0.29) is 17.1 Å². The van der Waals surface area contributed by atoms with Gasteiger partial charge in [0.25, 0.3) is 5.91 Å². The number of thioether (sulfide) groups is 1. The van der Waals surface area contributed by atoms with E-state index in [1.807, 2.05) is 53.9 Å². The first kappa shape index (κ1) is 18.4. The van der Waals surface area contributed by atoms with Gasteiger partial charge in [-0.15, -0.1) is 11.8 Å². The molecular weight excluding hydrogens is 394 g/mol. The van der Waals surface area contributed by atoms with Crippen LogP contribution in [0.15, 0.2) is 96.4 Å². The van der Waals surface area contributed by atoms with Crippen LogP contribution in [0, 0.1) is 0 Å². The molecule has 5 nitrogen and oxygen atoms in total. The van der Waals surface area contributed by atoms with Crippen LogP contribution >= 0.6 is 11.8 Å². The predicted octanol–water partition coefficient (Wildman–Crippen LogP) is 4.78. The molecule has 0 saturated carbocycles. The Kier molecular flexibility index (Phi) is 4.69. The molecule has 0 bridgehead atoms. The minimum absolute atomic E-state index is 0.0466. The molecule has 2 aromatic carbocycles. The molecule has 1 aliphatic heterocycles. The molecule has 0 radical (unpaired) electrons. The molecule has 1 N–H and O–H groups in total. The van der Waals surface area contributed by atoms with Gasteiger partial charge >= 0.3 is 0 Å². The molecule has 5 rings (SSSR count). The van der Waals surface area contributed by atoms with Crippen molar-refractivity contribution in [1.29, 1.82) is 0 Å². The van der Waals surface area contributed by atoms with Crippen LogP contribution in [0.25, 0.3) is 10.9 Å². The number of carbonyl (C=O) groups excluding carboxylic acids is 2. The minimum Gasteiger partial charge on any atom is -0.364 e. The van der Waals surface area contributed by atoms with Crippen LogP contribution in [-0.4, -0.2) is 21.2 Å². The lowest BCUT2D eigenvalue weighted by Gasteiger charge is -2.13. The molecule has 2 aromatic heterocycles. The summed E-state index contributed by atoms with van der Waals surface area (Å²) in [6.45, 7) is 0. The smallest absolute Gasteiger partial charge is 0.279 e. The van der Waals surface area contributed by atoms with Crippen molar-refractivity contribution >= 4 is 34.4 Å².